The molecule has 1 nitrogen and oxygen atoms in total. The summed E-state index contributed by atoms with van der Waals surface area (Å²) in [5.74, 6) is 0.296. The summed E-state index contributed by atoms with van der Waals surface area (Å²) in [6, 6.07) is 0. The third-order valence-corrected chi connectivity index (χ3v) is 1.43. The Morgan fingerprint density at radius 3 is 2.40 bits per heavy atom. The molecule has 0 saturated heterocycles. The molecule has 0 radical (unpaired) electrons. The monoisotopic (exact) mass is 140 g/mol. The predicted molar refractivity (Wildman–Crippen MR) is 44.0 cm³/mol. The van der Waals surface area contributed by atoms with E-state index in [1.54, 1.807) is 0 Å². The van der Waals surface area contributed by atoms with E-state index in [9.17, 15) is 4.79 Å². The topological polar surface area (TPSA) is 17.1 Å². The number of allylic oxidation sites excluding steroid dienone is 2. The Kier molecular flexibility index (Phi) is 4.91. The van der Waals surface area contributed by atoms with Gasteiger partial charge >= 0.3 is 0 Å². The van der Waals surface area contributed by atoms with Crippen LogP contribution in [0.5, 0.6) is 0 Å². The van der Waals surface area contributed by atoms with Crippen LogP contribution < -0.4 is 0 Å². The fourth-order valence-corrected chi connectivity index (χ4v) is 0.844. The van der Waals surface area contributed by atoms with Crippen LogP contribution in [-0.2, 0) is 4.79 Å². The summed E-state index contributed by atoms with van der Waals surface area (Å²) in [7, 11) is 0. The lowest BCUT2D eigenvalue weighted by atomic mass is 10.1. The van der Waals surface area contributed by atoms with Gasteiger partial charge in [0.2, 0.25) is 0 Å². The van der Waals surface area contributed by atoms with Crippen LogP contribution in [0, 0.1) is 0 Å². The molecule has 10 heavy (non-hydrogen) atoms. The minimum Gasteiger partial charge on any atom is -0.295 e. The van der Waals surface area contributed by atoms with Gasteiger partial charge in [-0.3, -0.25) is 4.79 Å². The van der Waals surface area contributed by atoms with E-state index in [0.717, 1.165) is 18.4 Å². The molecule has 1 heteroatoms. The first-order valence-electron chi connectivity index (χ1n) is 3.92. The third-order valence-electron chi connectivity index (χ3n) is 1.43. The Balaban J connectivity index is 3.82. The van der Waals surface area contributed by atoms with E-state index in [1.165, 1.54) is 0 Å². The third kappa shape index (κ3) is 3.44. The molecule has 0 fully saturated rings. The van der Waals surface area contributed by atoms with Gasteiger partial charge in [0.05, 0.1) is 0 Å². The van der Waals surface area contributed by atoms with Crippen molar-refractivity contribution in [1.29, 1.82) is 0 Å². The van der Waals surface area contributed by atoms with Crippen LogP contribution in [0.25, 0.3) is 0 Å². The Morgan fingerprint density at radius 2 is 2.00 bits per heavy atom. The molecule has 0 amide bonds. The quantitative estimate of drug-likeness (QED) is 0.549. The summed E-state index contributed by atoms with van der Waals surface area (Å²) < 4.78 is 0. The van der Waals surface area contributed by atoms with Crippen LogP contribution in [0.4, 0.5) is 0 Å². The molecule has 0 rings (SSSR count). The zero-order valence-electron chi connectivity index (χ0n) is 7.11. The SMILES string of the molecule is CC/C=C(\C)C(=O)CCC. The van der Waals surface area contributed by atoms with Crippen molar-refractivity contribution < 1.29 is 4.79 Å². The molecule has 0 aliphatic carbocycles. The smallest absolute Gasteiger partial charge is 0.158 e. The molecule has 0 aromatic heterocycles. The maximum Gasteiger partial charge on any atom is 0.158 e. The lowest BCUT2D eigenvalue weighted by molar-refractivity contribution is -0.115. The molecular weight excluding hydrogens is 124 g/mol. The standard InChI is InChI=1S/C9H16O/c1-4-6-8(3)9(10)7-5-2/h6H,4-5,7H2,1-3H3/b8-6+. The summed E-state index contributed by atoms with van der Waals surface area (Å²) in [4.78, 5) is 11.1. The molecule has 0 aromatic carbocycles. The Labute approximate surface area is 63.1 Å². The van der Waals surface area contributed by atoms with Crippen LogP contribution in [0.1, 0.15) is 40.0 Å². The van der Waals surface area contributed by atoms with Gasteiger partial charge in [0, 0.05) is 6.42 Å². The molecule has 0 N–H and O–H groups in total. The molecular formula is C9H16O. The molecule has 0 unspecified atom stereocenters. The van der Waals surface area contributed by atoms with Crippen LogP contribution in [0.2, 0.25) is 0 Å². The van der Waals surface area contributed by atoms with Gasteiger partial charge in [-0.1, -0.05) is 19.9 Å². The van der Waals surface area contributed by atoms with E-state index in [2.05, 4.69) is 0 Å². The summed E-state index contributed by atoms with van der Waals surface area (Å²) in [5.41, 5.74) is 0.921. The first-order valence-corrected chi connectivity index (χ1v) is 3.92. The fourth-order valence-electron chi connectivity index (χ4n) is 0.844. The maximum atomic E-state index is 11.1. The molecule has 0 bridgehead atoms. The minimum atomic E-state index is 0.296. The lowest BCUT2D eigenvalue weighted by Gasteiger charge is -1.96. The molecule has 0 aliphatic rings. The molecule has 0 saturated carbocycles. The van der Waals surface area contributed by atoms with E-state index in [-0.39, 0.29) is 0 Å². The van der Waals surface area contributed by atoms with Crippen LogP contribution in [0.15, 0.2) is 11.6 Å². The summed E-state index contributed by atoms with van der Waals surface area (Å²) in [6.07, 6.45) is 4.59. The Morgan fingerprint density at radius 1 is 1.40 bits per heavy atom. The number of carbonyl (C=O) groups excluding carboxylic acids is 1. The normalized spacial score (nSPS) is 11.7. The molecule has 58 valence electrons. The van der Waals surface area contributed by atoms with Crippen LogP contribution in [0.3, 0.4) is 0 Å². The predicted octanol–water partition coefficient (Wildman–Crippen LogP) is 2.71. The van der Waals surface area contributed by atoms with Gasteiger partial charge in [0.15, 0.2) is 5.78 Å². The summed E-state index contributed by atoms with van der Waals surface area (Å²) >= 11 is 0. The molecule has 0 atom stereocenters. The van der Waals surface area contributed by atoms with E-state index in [1.807, 2.05) is 26.8 Å². The highest BCUT2D eigenvalue weighted by Gasteiger charge is 1.99. The van der Waals surface area contributed by atoms with Crippen molar-refractivity contribution in [1.82, 2.24) is 0 Å². The summed E-state index contributed by atoms with van der Waals surface area (Å²) in [6.45, 7) is 5.96. The number of rotatable bonds is 4. The highest BCUT2D eigenvalue weighted by Crippen LogP contribution is 2.01. The van der Waals surface area contributed by atoms with Gasteiger partial charge in [-0.15, -0.1) is 0 Å². The van der Waals surface area contributed by atoms with Crippen LogP contribution in [-0.4, -0.2) is 5.78 Å². The van der Waals surface area contributed by atoms with Gasteiger partial charge in [-0.05, 0) is 25.3 Å². The fraction of sp³-hybridized carbons (Fsp3) is 0.667. The molecule has 0 heterocycles. The Hall–Kier alpha value is -0.590. The number of carbonyl (C=O) groups is 1. The minimum absolute atomic E-state index is 0.296. The Bertz CT molecular complexity index is 134. The van der Waals surface area contributed by atoms with Crippen molar-refractivity contribution in [2.24, 2.45) is 0 Å². The van der Waals surface area contributed by atoms with Gasteiger partial charge in [-0.25, -0.2) is 0 Å². The van der Waals surface area contributed by atoms with Crippen molar-refractivity contribution in [3.63, 3.8) is 0 Å². The van der Waals surface area contributed by atoms with Crippen molar-refractivity contribution in [2.45, 2.75) is 40.0 Å². The average molecular weight is 140 g/mol. The van der Waals surface area contributed by atoms with Crippen molar-refractivity contribution >= 4 is 5.78 Å². The highest BCUT2D eigenvalue weighted by atomic mass is 16.1. The van der Waals surface area contributed by atoms with Crippen molar-refractivity contribution in [3.05, 3.63) is 11.6 Å². The molecule has 0 spiro atoms. The second kappa shape index (κ2) is 5.21. The van der Waals surface area contributed by atoms with E-state index in [0.29, 0.717) is 12.2 Å². The van der Waals surface area contributed by atoms with Gasteiger partial charge < -0.3 is 0 Å². The van der Waals surface area contributed by atoms with Gasteiger partial charge in [-0.2, -0.15) is 0 Å². The maximum absolute atomic E-state index is 11.1. The van der Waals surface area contributed by atoms with Crippen LogP contribution >= 0.6 is 0 Å². The zero-order valence-corrected chi connectivity index (χ0v) is 7.11. The second-order valence-electron chi connectivity index (χ2n) is 2.47. The first-order chi connectivity index (χ1) is 4.72. The van der Waals surface area contributed by atoms with Crippen molar-refractivity contribution in [3.8, 4) is 0 Å². The average Bonchev–Trinajstić information content (AvgIpc) is 1.89. The first kappa shape index (κ1) is 9.41. The number of hydrogen-bond donors (Lipinski definition) is 0. The van der Waals surface area contributed by atoms with Gasteiger partial charge in [0.1, 0.15) is 0 Å². The van der Waals surface area contributed by atoms with E-state index < -0.39 is 0 Å². The van der Waals surface area contributed by atoms with Gasteiger partial charge in [0.25, 0.3) is 0 Å². The largest absolute Gasteiger partial charge is 0.295 e. The molecule has 0 aliphatic heterocycles. The van der Waals surface area contributed by atoms with E-state index >= 15 is 0 Å². The molecule has 0 aromatic rings. The summed E-state index contributed by atoms with van der Waals surface area (Å²) in [5, 5.41) is 0. The van der Waals surface area contributed by atoms with Crippen molar-refractivity contribution in [2.75, 3.05) is 0 Å². The number of hydrogen-bond acceptors (Lipinski definition) is 1. The lowest BCUT2D eigenvalue weighted by Crippen LogP contribution is -1.97. The zero-order chi connectivity index (χ0) is 7.98. The second-order valence-corrected chi connectivity index (χ2v) is 2.47. The highest BCUT2D eigenvalue weighted by molar-refractivity contribution is 5.94. The number of ketones is 1. The number of Topliss-reactive ketones (excluding diaryl/α,β-unsaturated/α-hetero) is 1. The van der Waals surface area contributed by atoms with E-state index in [4.69, 9.17) is 0 Å².